The van der Waals surface area contributed by atoms with Gasteiger partial charge >= 0.3 is 35.9 Å². The lowest BCUT2D eigenvalue weighted by Crippen LogP contribution is -2.80. The molecule has 2 nitrogen and oxygen atoms in total. The molecule has 0 fully saturated rings. The van der Waals surface area contributed by atoms with Gasteiger partial charge in [0.2, 0.25) is 0 Å². The van der Waals surface area contributed by atoms with Crippen molar-refractivity contribution in [2.75, 3.05) is 0 Å². The van der Waals surface area contributed by atoms with E-state index in [1.807, 2.05) is 0 Å². The predicted octanol–water partition coefficient (Wildman–Crippen LogP) is 5.18. The van der Waals surface area contributed by atoms with Crippen molar-refractivity contribution in [3.05, 3.63) is 24.3 Å². The minimum absolute atomic E-state index is 0.427. The molecule has 0 aliphatic carbocycles. The third kappa shape index (κ3) is 2.36. The highest BCUT2D eigenvalue weighted by atomic mass is 19.4. The molecule has 1 aliphatic rings. The van der Waals surface area contributed by atoms with Crippen molar-refractivity contribution in [2.24, 2.45) is 0 Å². The van der Waals surface area contributed by atoms with Gasteiger partial charge in [-0.05, 0) is 12.1 Å². The molecule has 0 saturated heterocycles. The fourth-order valence-electron chi connectivity index (χ4n) is 2.15. The molecule has 14 heteroatoms. The number of para-hydroxylation sites is 2. The van der Waals surface area contributed by atoms with E-state index in [2.05, 4.69) is 9.47 Å². The van der Waals surface area contributed by atoms with Gasteiger partial charge in [0.1, 0.15) is 0 Å². The van der Waals surface area contributed by atoms with E-state index in [4.69, 9.17) is 0 Å². The van der Waals surface area contributed by atoms with Crippen molar-refractivity contribution >= 4 is 0 Å². The molecule has 0 aromatic heterocycles. The van der Waals surface area contributed by atoms with Crippen molar-refractivity contribution in [2.45, 2.75) is 35.9 Å². The molecule has 1 aromatic rings. The van der Waals surface area contributed by atoms with Crippen LogP contribution in [0.1, 0.15) is 0 Å². The predicted molar refractivity (Wildman–Crippen MR) is 57.4 cm³/mol. The van der Waals surface area contributed by atoms with E-state index in [0.717, 1.165) is 12.1 Å². The summed E-state index contributed by atoms with van der Waals surface area (Å²) in [6, 6.07) is 2.48. The van der Waals surface area contributed by atoms with E-state index in [1.165, 1.54) is 0 Å². The van der Waals surface area contributed by atoms with Crippen LogP contribution >= 0.6 is 0 Å². The first-order valence-corrected chi connectivity index (χ1v) is 6.16. The highest BCUT2D eigenvalue weighted by Gasteiger charge is 2.96. The van der Waals surface area contributed by atoms with Gasteiger partial charge in [-0.25, -0.2) is 4.39 Å². The molecule has 0 N–H and O–H groups in total. The van der Waals surface area contributed by atoms with Crippen molar-refractivity contribution in [3.63, 3.8) is 0 Å². The summed E-state index contributed by atoms with van der Waals surface area (Å²) in [7, 11) is 0. The molecular weight excluding hydrogens is 404 g/mol. The van der Waals surface area contributed by atoms with Crippen molar-refractivity contribution in [1.29, 1.82) is 0 Å². The molecule has 0 unspecified atom stereocenters. The lowest BCUT2D eigenvalue weighted by molar-refractivity contribution is -0.469. The lowest BCUT2D eigenvalue weighted by atomic mass is 9.87. The highest BCUT2D eigenvalue weighted by molar-refractivity contribution is 5.45. The van der Waals surface area contributed by atoms with E-state index in [-0.39, 0.29) is 0 Å². The summed E-state index contributed by atoms with van der Waals surface area (Å²) in [6.45, 7) is 0. The third-order valence-electron chi connectivity index (χ3n) is 3.36. The average Bonchev–Trinajstić information content (AvgIpc) is 2.83. The molecule has 0 amide bonds. The molecule has 148 valence electrons. The van der Waals surface area contributed by atoms with Crippen LogP contribution in [0.5, 0.6) is 11.5 Å². The maximum absolute atomic E-state index is 14.3. The van der Waals surface area contributed by atoms with E-state index in [0.29, 0.717) is 12.1 Å². The zero-order chi connectivity index (χ0) is 20.4. The van der Waals surface area contributed by atoms with Crippen molar-refractivity contribution < 1.29 is 62.2 Å². The van der Waals surface area contributed by atoms with Gasteiger partial charge in [0.15, 0.2) is 11.5 Å². The van der Waals surface area contributed by atoms with Crippen LogP contribution in [0.3, 0.4) is 0 Å². The Bertz CT molecular complexity index is 648. The maximum atomic E-state index is 14.3. The van der Waals surface area contributed by atoms with Gasteiger partial charge < -0.3 is 9.47 Å². The number of rotatable bonds is 2. The Kier molecular flexibility index (Phi) is 4.10. The second-order valence-electron chi connectivity index (χ2n) is 4.99. The maximum Gasteiger partial charge on any atom is 0.462 e. The minimum Gasteiger partial charge on any atom is -0.440 e. The molecule has 0 radical (unpaired) electrons. The number of fused-ring (bicyclic) bond motifs is 1. The topological polar surface area (TPSA) is 18.5 Å². The van der Waals surface area contributed by atoms with Gasteiger partial charge in [-0.3, -0.25) is 0 Å². The number of hydrogen-bond acceptors (Lipinski definition) is 2. The summed E-state index contributed by atoms with van der Waals surface area (Å²) < 4.78 is 164. The van der Waals surface area contributed by atoms with E-state index < -0.39 is 47.4 Å². The van der Waals surface area contributed by atoms with Gasteiger partial charge in [0.05, 0.1) is 0 Å². The Labute approximate surface area is 135 Å². The molecule has 1 aliphatic heterocycles. The number of hydrogen-bond donors (Lipinski definition) is 0. The van der Waals surface area contributed by atoms with Crippen LogP contribution < -0.4 is 9.47 Å². The Morgan fingerprint density at radius 3 is 1.19 bits per heavy atom. The van der Waals surface area contributed by atoms with E-state index in [9.17, 15) is 52.7 Å². The second kappa shape index (κ2) is 5.25. The first kappa shape index (κ1) is 20.3. The Balaban J connectivity index is 2.88. The SMILES string of the molecule is FC(F)(F)C(F)(F)C1(C(F)(C(F)(F)F)C(F)(F)F)Oc2ccccc2O1. The van der Waals surface area contributed by atoms with E-state index in [1.54, 1.807) is 0 Å². The molecule has 1 aromatic carbocycles. The first-order chi connectivity index (χ1) is 11.4. The molecular formula is C12H4F12O2. The van der Waals surface area contributed by atoms with E-state index >= 15 is 0 Å². The molecule has 1 heterocycles. The van der Waals surface area contributed by atoms with Gasteiger partial charge in [0, 0.05) is 0 Å². The summed E-state index contributed by atoms with van der Waals surface area (Å²) in [5.74, 6) is -16.0. The summed E-state index contributed by atoms with van der Waals surface area (Å²) in [5.41, 5.74) is -7.24. The van der Waals surface area contributed by atoms with Gasteiger partial charge in [-0.1, -0.05) is 12.1 Å². The fraction of sp³-hybridized carbons (Fsp3) is 0.500. The fourth-order valence-corrected chi connectivity index (χ4v) is 2.15. The number of halogens is 12. The normalized spacial score (nSPS) is 18.2. The lowest BCUT2D eigenvalue weighted by Gasteiger charge is -2.45. The minimum atomic E-state index is -7.32. The van der Waals surface area contributed by atoms with Crippen LogP contribution in [-0.2, 0) is 0 Å². The monoisotopic (exact) mass is 408 g/mol. The summed E-state index contributed by atoms with van der Waals surface area (Å²) >= 11 is 0. The first-order valence-electron chi connectivity index (χ1n) is 6.16. The van der Waals surface area contributed by atoms with Crippen LogP contribution in [0.25, 0.3) is 0 Å². The zero-order valence-corrected chi connectivity index (χ0v) is 11.7. The molecule has 0 saturated carbocycles. The molecule has 0 atom stereocenters. The third-order valence-corrected chi connectivity index (χ3v) is 3.36. The smallest absolute Gasteiger partial charge is 0.440 e. The second-order valence-corrected chi connectivity index (χ2v) is 4.99. The van der Waals surface area contributed by atoms with Gasteiger partial charge in [0.25, 0.3) is 0 Å². The van der Waals surface area contributed by atoms with Crippen LogP contribution in [0, 0.1) is 0 Å². The van der Waals surface area contributed by atoms with Crippen molar-refractivity contribution in [1.82, 2.24) is 0 Å². The molecule has 26 heavy (non-hydrogen) atoms. The molecule has 2 rings (SSSR count). The van der Waals surface area contributed by atoms with Crippen molar-refractivity contribution in [3.8, 4) is 11.5 Å². The highest BCUT2D eigenvalue weighted by Crippen LogP contribution is 2.64. The van der Waals surface area contributed by atoms with Crippen LogP contribution in [0.2, 0.25) is 0 Å². The number of alkyl halides is 12. The largest absolute Gasteiger partial charge is 0.462 e. The number of benzene rings is 1. The van der Waals surface area contributed by atoms with Crippen LogP contribution in [0.15, 0.2) is 24.3 Å². The Morgan fingerprint density at radius 1 is 0.577 bits per heavy atom. The molecule has 0 bridgehead atoms. The standard InChI is InChI=1S/C12H4F12O2/c13-7(10(16,17)18,11(19,20)21)9(8(14,15)12(22,23)24)25-5-3-1-2-4-6(5)26-9/h1-4H. The summed E-state index contributed by atoms with van der Waals surface area (Å²) in [5, 5.41) is 0. The Hall–Kier alpha value is -2.02. The summed E-state index contributed by atoms with van der Waals surface area (Å²) in [6.07, 6.45) is -21.7. The quantitative estimate of drug-likeness (QED) is 0.628. The van der Waals surface area contributed by atoms with Gasteiger partial charge in [-0.15, -0.1) is 0 Å². The summed E-state index contributed by atoms with van der Waals surface area (Å²) in [4.78, 5) is 0. The van der Waals surface area contributed by atoms with Crippen LogP contribution in [0.4, 0.5) is 52.7 Å². The average molecular weight is 408 g/mol. The van der Waals surface area contributed by atoms with Crippen LogP contribution in [-0.4, -0.2) is 35.9 Å². The Morgan fingerprint density at radius 2 is 0.923 bits per heavy atom. The van der Waals surface area contributed by atoms with Gasteiger partial charge in [-0.2, -0.15) is 48.3 Å². The zero-order valence-electron chi connectivity index (χ0n) is 11.7. The number of ether oxygens (including phenoxy) is 2. The molecule has 0 spiro atoms.